The van der Waals surface area contributed by atoms with E-state index in [1.54, 1.807) is 23.1 Å². The van der Waals surface area contributed by atoms with Crippen molar-refractivity contribution in [3.63, 3.8) is 0 Å². The number of aromatic nitrogens is 1. The lowest BCUT2D eigenvalue weighted by atomic mass is 9.87. The van der Waals surface area contributed by atoms with E-state index in [1.165, 1.54) is 6.07 Å². The number of benzene rings is 2. The molecule has 37 heavy (non-hydrogen) atoms. The Morgan fingerprint density at radius 1 is 1.19 bits per heavy atom. The first-order chi connectivity index (χ1) is 17.7. The molecule has 8 heteroatoms. The topological polar surface area (TPSA) is 88.2 Å². The Morgan fingerprint density at radius 3 is 2.57 bits per heavy atom. The van der Waals surface area contributed by atoms with Gasteiger partial charge in [-0.15, -0.1) is 0 Å². The summed E-state index contributed by atoms with van der Waals surface area (Å²) in [4.78, 5) is 21.4. The van der Waals surface area contributed by atoms with Crippen molar-refractivity contribution >= 4 is 11.6 Å². The molecule has 1 aromatic heterocycles. The van der Waals surface area contributed by atoms with Crippen molar-refractivity contribution in [3.05, 3.63) is 77.4 Å². The average Bonchev–Trinajstić information content (AvgIpc) is 3.58. The van der Waals surface area contributed by atoms with Gasteiger partial charge in [0.25, 0.3) is 0 Å². The summed E-state index contributed by atoms with van der Waals surface area (Å²) in [7, 11) is 0. The van der Waals surface area contributed by atoms with Crippen molar-refractivity contribution in [3.8, 4) is 11.1 Å². The zero-order valence-electron chi connectivity index (χ0n) is 21.5. The second-order valence-corrected chi connectivity index (χ2v) is 10.6. The van der Waals surface area contributed by atoms with Gasteiger partial charge in [0.05, 0.1) is 23.6 Å². The Balaban J connectivity index is 1.35. The Kier molecular flexibility index (Phi) is 6.62. The molecule has 7 nitrogen and oxygen atoms in total. The van der Waals surface area contributed by atoms with Gasteiger partial charge in [-0.3, -0.25) is 4.79 Å². The van der Waals surface area contributed by atoms with Crippen LogP contribution in [0, 0.1) is 18.7 Å². The number of oxime groups is 1. The predicted octanol–water partition coefficient (Wildman–Crippen LogP) is 5.18. The van der Waals surface area contributed by atoms with E-state index in [0.29, 0.717) is 24.2 Å². The summed E-state index contributed by atoms with van der Waals surface area (Å²) in [6, 6.07) is 15.7. The molecule has 0 spiro atoms. The molecule has 1 saturated heterocycles. The van der Waals surface area contributed by atoms with Crippen molar-refractivity contribution in [2.45, 2.75) is 64.2 Å². The normalized spacial score (nSPS) is 24.3. The highest BCUT2D eigenvalue weighted by Gasteiger charge is 2.46. The number of carbonyl (C=O) groups excluding carboxylic acids is 1. The number of nitrogens with zero attached hydrogens (tertiary/aromatic N) is 3. The van der Waals surface area contributed by atoms with E-state index < -0.39 is 17.6 Å². The summed E-state index contributed by atoms with van der Waals surface area (Å²) in [5.41, 5.74) is 2.94. The molecule has 0 radical (unpaired) electrons. The smallest absolute Gasteiger partial charge is 0.234 e. The molecule has 2 aromatic carbocycles. The quantitative estimate of drug-likeness (QED) is 0.499. The first kappa shape index (κ1) is 25.1. The summed E-state index contributed by atoms with van der Waals surface area (Å²) >= 11 is 0. The zero-order chi connectivity index (χ0) is 26.3. The number of rotatable bonds is 6. The maximum Gasteiger partial charge on any atom is 0.234 e. The SMILES string of the molecule is Cc1cc(C(C(=O)N2C[C@H](O)C[C@H]2C2=NOC(C)(c3ccc(-c4ccccc4F)cc3)C2)C(C)C)on1. The van der Waals surface area contributed by atoms with Crippen molar-refractivity contribution in [1.29, 1.82) is 0 Å². The maximum absolute atomic E-state index is 14.2. The first-order valence-electron chi connectivity index (χ1n) is 12.7. The van der Waals surface area contributed by atoms with E-state index in [-0.39, 0.29) is 30.2 Å². The van der Waals surface area contributed by atoms with Crippen LogP contribution < -0.4 is 0 Å². The molecule has 5 rings (SSSR count). The predicted molar refractivity (Wildman–Crippen MR) is 137 cm³/mol. The zero-order valence-corrected chi connectivity index (χ0v) is 21.5. The van der Waals surface area contributed by atoms with E-state index in [2.05, 4.69) is 10.3 Å². The van der Waals surface area contributed by atoms with Crippen LogP contribution in [0.1, 0.15) is 56.5 Å². The lowest BCUT2D eigenvalue weighted by molar-refractivity contribution is -0.134. The standard InChI is InChI=1S/C29H32FN3O4/c1-17(2)27(26-13-18(3)31-36-26)28(35)33-16-21(34)14-25(33)24-15-29(4,37-32-24)20-11-9-19(10-12-20)22-7-5-6-8-23(22)30/h5-13,17,21,25,27,34H,14-16H2,1-4H3/t21-,25+,27?,29?/m1/s1. The van der Waals surface area contributed by atoms with Gasteiger partial charge < -0.3 is 19.4 Å². The first-order valence-corrected chi connectivity index (χ1v) is 12.7. The molecule has 0 bridgehead atoms. The molecular weight excluding hydrogens is 473 g/mol. The number of hydrogen-bond acceptors (Lipinski definition) is 6. The van der Waals surface area contributed by atoms with E-state index in [9.17, 15) is 14.3 Å². The number of carbonyl (C=O) groups is 1. The third kappa shape index (κ3) is 4.78. The molecule has 1 N–H and O–H groups in total. The maximum atomic E-state index is 14.2. The number of halogens is 1. The van der Waals surface area contributed by atoms with Crippen molar-refractivity contribution in [2.75, 3.05) is 6.54 Å². The van der Waals surface area contributed by atoms with Crippen molar-refractivity contribution < 1.29 is 23.7 Å². The van der Waals surface area contributed by atoms with Gasteiger partial charge in [-0.2, -0.15) is 0 Å². The van der Waals surface area contributed by atoms with Gasteiger partial charge in [-0.1, -0.05) is 66.6 Å². The van der Waals surface area contributed by atoms with Crippen LogP contribution in [0.25, 0.3) is 11.1 Å². The summed E-state index contributed by atoms with van der Waals surface area (Å²) in [6.45, 7) is 7.95. The van der Waals surface area contributed by atoms with E-state index in [4.69, 9.17) is 9.36 Å². The van der Waals surface area contributed by atoms with Crippen LogP contribution in [-0.2, 0) is 15.2 Å². The summed E-state index contributed by atoms with van der Waals surface area (Å²) in [5.74, 6) is -0.373. The van der Waals surface area contributed by atoms with E-state index in [1.807, 2.05) is 58.0 Å². The molecule has 2 unspecified atom stereocenters. The fraction of sp³-hybridized carbons (Fsp3) is 0.414. The van der Waals surface area contributed by atoms with Gasteiger partial charge in [0.1, 0.15) is 17.5 Å². The van der Waals surface area contributed by atoms with Crippen LogP contribution in [0.5, 0.6) is 0 Å². The molecule has 0 saturated carbocycles. The van der Waals surface area contributed by atoms with Crippen LogP contribution in [0.2, 0.25) is 0 Å². The Bertz CT molecular complexity index is 1320. The minimum atomic E-state index is -0.731. The molecule has 1 fully saturated rings. The number of likely N-dealkylation sites (tertiary alicyclic amines) is 1. The van der Waals surface area contributed by atoms with Crippen LogP contribution in [0.3, 0.4) is 0 Å². The van der Waals surface area contributed by atoms with Gasteiger partial charge in [-0.25, -0.2) is 4.39 Å². The molecule has 2 aliphatic rings. The van der Waals surface area contributed by atoms with Gasteiger partial charge >= 0.3 is 0 Å². The van der Waals surface area contributed by atoms with E-state index >= 15 is 0 Å². The van der Waals surface area contributed by atoms with Crippen molar-refractivity contribution in [2.24, 2.45) is 11.1 Å². The third-order valence-electron chi connectivity index (χ3n) is 7.40. The number of hydrogen-bond donors (Lipinski definition) is 1. The summed E-state index contributed by atoms with van der Waals surface area (Å²) in [5, 5.41) is 18.9. The molecule has 2 aliphatic heterocycles. The summed E-state index contributed by atoms with van der Waals surface area (Å²) < 4.78 is 19.7. The van der Waals surface area contributed by atoms with Crippen molar-refractivity contribution in [1.82, 2.24) is 10.1 Å². The number of aryl methyl sites for hydroxylation is 1. The Labute approximate surface area is 215 Å². The van der Waals surface area contributed by atoms with E-state index in [0.717, 1.165) is 22.5 Å². The number of amides is 1. The van der Waals surface area contributed by atoms with Crippen LogP contribution in [0.15, 0.2) is 64.3 Å². The molecule has 194 valence electrons. The lowest BCUT2D eigenvalue weighted by Crippen LogP contribution is -2.44. The fourth-order valence-electron chi connectivity index (χ4n) is 5.42. The molecule has 4 atom stereocenters. The van der Waals surface area contributed by atoms with Gasteiger partial charge in [0, 0.05) is 31.0 Å². The van der Waals surface area contributed by atoms with Gasteiger partial charge in [0.15, 0.2) is 5.60 Å². The molecule has 3 heterocycles. The second-order valence-electron chi connectivity index (χ2n) is 10.6. The van der Waals surface area contributed by atoms with Gasteiger partial charge in [0.2, 0.25) is 5.91 Å². The van der Waals surface area contributed by atoms with Crippen LogP contribution >= 0.6 is 0 Å². The number of aliphatic hydroxyl groups excluding tert-OH is 1. The monoisotopic (exact) mass is 505 g/mol. The lowest BCUT2D eigenvalue weighted by Gasteiger charge is -2.29. The average molecular weight is 506 g/mol. The minimum Gasteiger partial charge on any atom is -0.391 e. The van der Waals surface area contributed by atoms with Gasteiger partial charge in [-0.05, 0) is 37.0 Å². The summed E-state index contributed by atoms with van der Waals surface area (Å²) in [6.07, 6.45) is 0.227. The largest absolute Gasteiger partial charge is 0.391 e. The molecule has 0 aliphatic carbocycles. The highest BCUT2D eigenvalue weighted by molar-refractivity contribution is 5.96. The number of aliphatic hydroxyl groups is 1. The fourth-order valence-corrected chi connectivity index (χ4v) is 5.42. The highest BCUT2D eigenvalue weighted by Crippen LogP contribution is 2.39. The Hall–Kier alpha value is -3.52. The molecular formula is C29H32FN3O4. The molecule has 3 aromatic rings. The second kappa shape index (κ2) is 9.74. The Morgan fingerprint density at radius 2 is 1.92 bits per heavy atom. The van der Waals surface area contributed by atoms with Crippen LogP contribution in [-0.4, -0.2) is 45.5 Å². The minimum absolute atomic E-state index is 0.0155. The number of β-amino-alcohol motifs (C(OH)–C–C–N with tert-alkyl or cyclic N) is 1. The van der Waals surface area contributed by atoms with Crippen LogP contribution in [0.4, 0.5) is 4.39 Å². The molecule has 1 amide bonds. The highest BCUT2D eigenvalue weighted by atomic mass is 19.1. The third-order valence-corrected chi connectivity index (χ3v) is 7.40.